The van der Waals surface area contributed by atoms with Crippen LogP contribution in [0.5, 0.6) is 0 Å². The number of hydrogen-bond donors (Lipinski definition) is 1. The molecule has 0 spiro atoms. The molecule has 0 aliphatic heterocycles. The van der Waals surface area contributed by atoms with Crippen molar-refractivity contribution in [3.05, 3.63) is 39.9 Å². The first-order valence-corrected chi connectivity index (χ1v) is 13.7. The van der Waals surface area contributed by atoms with Gasteiger partial charge in [0.15, 0.2) is 0 Å². The van der Waals surface area contributed by atoms with Crippen molar-refractivity contribution in [1.29, 1.82) is 0 Å². The summed E-state index contributed by atoms with van der Waals surface area (Å²) < 4.78 is 5.09. The third-order valence-electron chi connectivity index (χ3n) is 5.87. The number of carbonyl (C=O) groups excluding carboxylic acids is 1. The summed E-state index contributed by atoms with van der Waals surface area (Å²) in [7, 11) is -0.0743. The lowest BCUT2D eigenvalue weighted by atomic mass is 9.97. The van der Waals surface area contributed by atoms with Crippen molar-refractivity contribution in [2.75, 3.05) is 31.8 Å². The van der Waals surface area contributed by atoms with E-state index >= 15 is 0 Å². The van der Waals surface area contributed by atoms with Crippen LogP contribution in [0.25, 0.3) is 0 Å². The fraction of sp³-hybridized carbons (Fsp3) is 0.696. The van der Waals surface area contributed by atoms with E-state index in [0.717, 1.165) is 57.0 Å². The van der Waals surface area contributed by atoms with Gasteiger partial charge in [0.1, 0.15) is 5.92 Å². The van der Waals surface area contributed by atoms with Crippen molar-refractivity contribution in [2.24, 2.45) is 5.92 Å². The number of esters is 1. The molecule has 0 aromatic heterocycles. The molecule has 2 unspecified atom stereocenters. The Morgan fingerprint density at radius 1 is 1.03 bits per heavy atom. The Morgan fingerprint density at radius 3 is 1.87 bits per heavy atom. The highest BCUT2D eigenvalue weighted by Gasteiger charge is 2.43. The Bertz CT molecular complexity index is 628. The molecule has 0 fully saturated rings. The fourth-order valence-corrected chi connectivity index (χ4v) is 9.35. The minimum Gasteiger partial charge on any atom is -0.469 e. The zero-order valence-electron chi connectivity index (χ0n) is 19.0. The summed E-state index contributed by atoms with van der Waals surface area (Å²) in [5, 5.41) is 22.0. The second-order valence-electron chi connectivity index (χ2n) is 8.18. The van der Waals surface area contributed by atoms with E-state index < -0.39 is 30.2 Å². The first-order chi connectivity index (χ1) is 14.3. The van der Waals surface area contributed by atoms with Crippen molar-refractivity contribution >= 4 is 18.9 Å². The highest BCUT2D eigenvalue weighted by atomic mass is 31.2. The minimum absolute atomic E-state index is 0.0312. The summed E-state index contributed by atoms with van der Waals surface area (Å²) in [6.45, 7) is 6.58. The Balaban J connectivity index is 3.22. The molecule has 0 aliphatic rings. The number of aliphatic hydroxyl groups excluding tert-OH is 1. The quantitative estimate of drug-likeness (QED) is 0.160. The smallest absolute Gasteiger partial charge is 0.315 e. The van der Waals surface area contributed by atoms with Crippen molar-refractivity contribution in [3.8, 4) is 0 Å². The summed E-state index contributed by atoms with van der Waals surface area (Å²) in [4.78, 5) is 23.2. The summed E-state index contributed by atoms with van der Waals surface area (Å²) >= 11 is 0. The van der Waals surface area contributed by atoms with E-state index in [9.17, 15) is 20.0 Å². The number of methoxy groups -OCH3 is 1. The predicted molar refractivity (Wildman–Crippen MR) is 125 cm³/mol. The lowest BCUT2D eigenvalue weighted by molar-refractivity contribution is -0.384. The lowest BCUT2D eigenvalue weighted by Gasteiger charge is -2.32. The Morgan fingerprint density at radius 2 is 1.50 bits per heavy atom. The molecular weight excluding hydrogens is 401 g/mol. The van der Waals surface area contributed by atoms with Gasteiger partial charge < -0.3 is 9.84 Å². The molecule has 170 valence electrons. The van der Waals surface area contributed by atoms with Crippen LogP contribution in [0.4, 0.5) is 5.69 Å². The average molecular weight is 441 g/mol. The van der Waals surface area contributed by atoms with Crippen LogP contribution >= 0.6 is 7.26 Å². The molecule has 2 atom stereocenters. The van der Waals surface area contributed by atoms with Gasteiger partial charge in [-0.25, -0.2) is 0 Å². The van der Waals surface area contributed by atoms with Gasteiger partial charge in [-0.15, -0.1) is 0 Å². The number of hydrogen-bond acceptors (Lipinski definition) is 5. The van der Waals surface area contributed by atoms with Gasteiger partial charge in [0.2, 0.25) is 0 Å². The molecule has 1 N–H and O–H groups in total. The number of carbonyl (C=O) groups is 1. The van der Waals surface area contributed by atoms with E-state index in [1.165, 1.54) is 19.2 Å². The summed E-state index contributed by atoms with van der Waals surface area (Å²) in [6, 6.07) is 5.84. The first-order valence-electron chi connectivity index (χ1n) is 11.2. The highest BCUT2D eigenvalue weighted by molar-refractivity contribution is 7.75. The lowest BCUT2D eigenvalue weighted by Crippen LogP contribution is -2.30. The van der Waals surface area contributed by atoms with Gasteiger partial charge in [-0.1, -0.05) is 40.0 Å². The molecule has 7 heteroatoms. The molecule has 0 bridgehead atoms. The number of benzene rings is 1. The van der Waals surface area contributed by atoms with Crippen molar-refractivity contribution < 1.29 is 19.6 Å². The fourth-order valence-electron chi connectivity index (χ4n) is 3.99. The number of rotatable bonds is 15. The van der Waals surface area contributed by atoms with Gasteiger partial charge in [-0.3, -0.25) is 14.9 Å². The molecule has 0 heterocycles. The normalized spacial score (nSPS) is 13.6. The predicted octanol–water partition coefficient (Wildman–Crippen LogP) is 5.84. The van der Waals surface area contributed by atoms with Crippen LogP contribution in [-0.2, 0) is 9.53 Å². The maximum atomic E-state index is 12.7. The van der Waals surface area contributed by atoms with Gasteiger partial charge in [-0.2, -0.15) is 0 Å². The SMILES string of the molecule is CCCC[P+](CCCC)(CCCC)CC(C(=O)OC)C(O)c1ccc([N+](=O)[O-])cc1. The number of nitro benzene ring substituents is 1. The topological polar surface area (TPSA) is 89.7 Å². The molecule has 0 saturated heterocycles. The van der Waals surface area contributed by atoms with Gasteiger partial charge in [0, 0.05) is 19.4 Å². The number of aliphatic hydroxyl groups is 1. The van der Waals surface area contributed by atoms with Gasteiger partial charge in [0.05, 0.1) is 42.8 Å². The number of ether oxygens (including phenoxy) is 1. The van der Waals surface area contributed by atoms with E-state index in [1.54, 1.807) is 12.1 Å². The zero-order chi connectivity index (χ0) is 22.6. The number of nitrogens with zero attached hydrogens (tertiary/aromatic N) is 1. The molecule has 0 saturated carbocycles. The second kappa shape index (κ2) is 13.7. The summed E-state index contributed by atoms with van der Waals surface area (Å²) in [5.74, 6) is -1.04. The largest absolute Gasteiger partial charge is 0.469 e. The van der Waals surface area contributed by atoms with Crippen LogP contribution in [0.2, 0.25) is 0 Å². The molecule has 1 rings (SSSR count). The van der Waals surface area contributed by atoms with Crippen LogP contribution in [0.15, 0.2) is 24.3 Å². The van der Waals surface area contributed by atoms with E-state index in [4.69, 9.17) is 4.74 Å². The third-order valence-corrected chi connectivity index (χ3v) is 10.8. The van der Waals surface area contributed by atoms with Gasteiger partial charge in [-0.05, 0) is 37.0 Å². The van der Waals surface area contributed by atoms with E-state index in [-0.39, 0.29) is 5.69 Å². The average Bonchev–Trinajstić information content (AvgIpc) is 2.77. The standard InChI is InChI=1S/C23H39NO5P/c1-5-8-15-30(16-9-6-2,17-10-7-3)18-21(23(26)29-4)22(25)19-11-13-20(14-12-19)24(27)28/h11-14,21-22,25H,5-10,15-18H2,1-4H3/q+1. The highest BCUT2D eigenvalue weighted by Crippen LogP contribution is 2.62. The van der Waals surface area contributed by atoms with E-state index in [1.807, 2.05) is 0 Å². The minimum atomic E-state index is -1.44. The van der Waals surface area contributed by atoms with Crippen LogP contribution in [0.3, 0.4) is 0 Å². The van der Waals surface area contributed by atoms with Crippen LogP contribution < -0.4 is 0 Å². The molecule has 6 nitrogen and oxygen atoms in total. The maximum absolute atomic E-state index is 12.7. The van der Waals surface area contributed by atoms with Crippen molar-refractivity contribution in [3.63, 3.8) is 0 Å². The molecule has 0 radical (unpaired) electrons. The first kappa shape index (κ1) is 26.5. The Hall–Kier alpha value is -1.52. The maximum Gasteiger partial charge on any atom is 0.315 e. The zero-order valence-corrected chi connectivity index (χ0v) is 19.9. The number of non-ortho nitro benzene ring substituents is 1. The molecule has 1 aromatic rings. The van der Waals surface area contributed by atoms with Crippen LogP contribution in [0, 0.1) is 16.0 Å². The Labute approximate surface area is 181 Å². The third kappa shape index (κ3) is 7.96. The molecule has 0 aliphatic carbocycles. The molecule has 0 amide bonds. The molecule has 1 aromatic carbocycles. The molecular formula is C23H39NO5P+. The van der Waals surface area contributed by atoms with Crippen LogP contribution in [0.1, 0.15) is 71.0 Å². The van der Waals surface area contributed by atoms with E-state index in [0.29, 0.717) is 11.7 Å². The van der Waals surface area contributed by atoms with Gasteiger partial charge >= 0.3 is 5.97 Å². The Kier molecular flexibility index (Phi) is 12.1. The second-order valence-corrected chi connectivity index (χ2v) is 12.6. The van der Waals surface area contributed by atoms with Gasteiger partial charge in [0.25, 0.3) is 5.69 Å². The van der Waals surface area contributed by atoms with Crippen molar-refractivity contribution in [1.82, 2.24) is 0 Å². The number of nitro groups is 1. The van der Waals surface area contributed by atoms with E-state index in [2.05, 4.69) is 20.8 Å². The monoisotopic (exact) mass is 440 g/mol. The number of unbranched alkanes of at least 4 members (excludes halogenated alkanes) is 3. The summed E-state index contributed by atoms with van der Waals surface area (Å²) in [6.07, 6.45) is 9.86. The van der Waals surface area contributed by atoms with Crippen molar-refractivity contribution in [2.45, 2.75) is 65.4 Å². The van der Waals surface area contributed by atoms with Crippen LogP contribution in [-0.4, -0.2) is 47.8 Å². The molecule has 30 heavy (non-hydrogen) atoms. The summed E-state index contributed by atoms with van der Waals surface area (Å²) in [5.41, 5.74) is 0.492.